The number of aromatic nitrogens is 1. The van der Waals surface area contributed by atoms with Gasteiger partial charge in [0.15, 0.2) is 9.84 Å². The number of carbonyl (C=O) groups is 1. The molecule has 3 rings (SSSR count). The van der Waals surface area contributed by atoms with Gasteiger partial charge in [0.05, 0.1) is 17.1 Å². The summed E-state index contributed by atoms with van der Waals surface area (Å²) in [5.74, 6) is 0.817. The summed E-state index contributed by atoms with van der Waals surface area (Å²) < 4.78 is 23.3. The third kappa shape index (κ3) is 4.04. The molecule has 1 aliphatic rings. The first-order valence-electron chi connectivity index (χ1n) is 8.53. The van der Waals surface area contributed by atoms with Crippen molar-refractivity contribution in [2.24, 2.45) is 0 Å². The topological polar surface area (TPSA) is 79.4 Å². The molecule has 1 aromatic heterocycles. The zero-order valence-corrected chi connectivity index (χ0v) is 16.0. The number of nitrogens with one attached hydrogen (secondary N) is 1. The van der Waals surface area contributed by atoms with Gasteiger partial charge in [0.2, 0.25) is 0 Å². The van der Waals surface area contributed by atoms with Crippen LogP contribution in [0.2, 0.25) is 0 Å². The predicted octanol–water partition coefficient (Wildman–Crippen LogP) is 2.57. The highest BCUT2D eigenvalue weighted by Crippen LogP contribution is 2.22. The molecule has 1 N–H and O–H groups in total. The third-order valence-electron chi connectivity index (χ3n) is 4.77. The van der Waals surface area contributed by atoms with Gasteiger partial charge in [-0.05, 0) is 49.6 Å². The minimum Gasteiger partial charge on any atom is -0.356 e. The third-order valence-corrected chi connectivity index (χ3v) is 6.52. The van der Waals surface area contributed by atoms with Crippen molar-refractivity contribution in [3.05, 3.63) is 53.2 Å². The van der Waals surface area contributed by atoms with Crippen molar-refractivity contribution >= 4 is 27.2 Å². The summed E-state index contributed by atoms with van der Waals surface area (Å²) >= 11 is 0. The Morgan fingerprint density at radius 1 is 1.23 bits per heavy atom. The van der Waals surface area contributed by atoms with E-state index in [4.69, 9.17) is 0 Å². The first kappa shape index (κ1) is 18.4. The molecule has 138 valence electrons. The van der Waals surface area contributed by atoms with Crippen molar-refractivity contribution in [1.82, 2.24) is 4.98 Å². The van der Waals surface area contributed by atoms with Gasteiger partial charge in [-0.1, -0.05) is 12.1 Å². The summed E-state index contributed by atoms with van der Waals surface area (Å²) in [6.07, 6.45) is 2.13. The molecule has 2 heterocycles. The molecule has 26 heavy (non-hydrogen) atoms. The summed E-state index contributed by atoms with van der Waals surface area (Å²) in [7, 11) is -1.11. The molecule has 0 aliphatic carbocycles. The molecule has 1 aromatic carbocycles. The van der Waals surface area contributed by atoms with Crippen LogP contribution in [0.1, 0.15) is 27.9 Å². The van der Waals surface area contributed by atoms with E-state index in [0.29, 0.717) is 17.8 Å². The van der Waals surface area contributed by atoms with Crippen molar-refractivity contribution < 1.29 is 13.2 Å². The van der Waals surface area contributed by atoms with Gasteiger partial charge >= 0.3 is 0 Å². The highest BCUT2D eigenvalue weighted by Gasteiger charge is 2.31. The van der Waals surface area contributed by atoms with Crippen LogP contribution in [-0.4, -0.2) is 43.9 Å². The fraction of sp³-hybridized carbons (Fsp3) is 0.368. The van der Waals surface area contributed by atoms with E-state index < -0.39 is 9.84 Å². The SMILES string of the molecule is Cc1ccc(C)c(NC(=O)c2ccc(N(C)C3CCS(=O)(=O)C3)nc2)c1. The summed E-state index contributed by atoms with van der Waals surface area (Å²) in [5.41, 5.74) is 3.32. The van der Waals surface area contributed by atoms with E-state index in [9.17, 15) is 13.2 Å². The fourth-order valence-corrected chi connectivity index (χ4v) is 4.84. The van der Waals surface area contributed by atoms with Gasteiger partial charge in [-0.15, -0.1) is 0 Å². The molecule has 1 aliphatic heterocycles. The monoisotopic (exact) mass is 373 g/mol. The Balaban J connectivity index is 1.71. The molecule has 7 heteroatoms. The van der Waals surface area contributed by atoms with E-state index in [1.807, 2.05) is 44.0 Å². The van der Waals surface area contributed by atoms with Gasteiger partial charge in [0.25, 0.3) is 5.91 Å². The zero-order valence-electron chi connectivity index (χ0n) is 15.2. The normalized spacial score (nSPS) is 18.5. The van der Waals surface area contributed by atoms with Crippen molar-refractivity contribution in [3.63, 3.8) is 0 Å². The lowest BCUT2D eigenvalue weighted by molar-refractivity contribution is 0.102. The maximum absolute atomic E-state index is 12.5. The van der Waals surface area contributed by atoms with Crippen LogP contribution in [0.4, 0.5) is 11.5 Å². The van der Waals surface area contributed by atoms with Crippen LogP contribution in [0.3, 0.4) is 0 Å². The highest BCUT2D eigenvalue weighted by molar-refractivity contribution is 7.91. The van der Waals surface area contributed by atoms with Gasteiger partial charge in [-0.3, -0.25) is 4.79 Å². The lowest BCUT2D eigenvalue weighted by Crippen LogP contribution is -2.33. The minimum absolute atomic E-state index is 0.0675. The number of hydrogen-bond acceptors (Lipinski definition) is 5. The van der Waals surface area contributed by atoms with Crippen LogP contribution >= 0.6 is 0 Å². The fourth-order valence-electron chi connectivity index (χ4n) is 3.06. The predicted molar refractivity (Wildman–Crippen MR) is 104 cm³/mol. The van der Waals surface area contributed by atoms with E-state index in [1.165, 1.54) is 6.20 Å². The van der Waals surface area contributed by atoms with Gasteiger partial charge in [-0.2, -0.15) is 0 Å². The number of aryl methyl sites for hydroxylation is 2. The molecular formula is C19H23N3O3S. The average molecular weight is 373 g/mol. The van der Waals surface area contributed by atoms with Crippen LogP contribution in [-0.2, 0) is 9.84 Å². The number of nitrogens with zero attached hydrogens (tertiary/aromatic N) is 2. The van der Waals surface area contributed by atoms with Gasteiger partial charge in [0, 0.05) is 25.0 Å². The number of carbonyl (C=O) groups excluding carboxylic acids is 1. The molecule has 6 nitrogen and oxygen atoms in total. The molecule has 1 fully saturated rings. The van der Waals surface area contributed by atoms with E-state index in [1.54, 1.807) is 12.1 Å². The second-order valence-electron chi connectivity index (χ2n) is 6.85. The van der Waals surface area contributed by atoms with Gasteiger partial charge < -0.3 is 10.2 Å². The first-order valence-corrected chi connectivity index (χ1v) is 10.4. The highest BCUT2D eigenvalue weighted by atomic mass is 32.2. The molecule has 1 amide bonds. The second-order valence-corrected chi connectivity index (χ2v) is 9.07. The zero-order chi connectivity index (χ0) is 18.9. The van der Waals surface area contributed by atoms with Gasteiger partial charge in [0.1, 0.15) is 5.82 Å². The van der Waals surface area contributed by atoms with Crippen molar-refractivity contribution in [1.29, 1.82) is 0 Å². The maximum Gasteiger partial charge on any atom is 0.257 e. The van der Waals surface area contributed by atoms with E-state index in [2.05, 4.69) is 10.3 Å². The summed E-state index contributed by atoms with van der Waals surface area (Å²) in [4.78, 5) is 18.7. The standard InChI is InChI=1S/C19H23N3O3S/c1-13-4-5-14(2)17(10-13)21-19(23)15-6-7-18(20-11-15)22(3)16-8-9-26(24,25)12-16/h4-7,10-11,16H,8-9,12H2,1-3H3,(H,21,23). The smallest absolute Gasteiger partial charge is 0.257 e. The summed E-state index contributed by atoms with van der Waals surface area (Å²) in [6.45, 7) is 3.92. The number of hydrogen-bond donors (Lipinski definition) is 1. The number of pyridine rings is 1. The quantitative estimate of drug-likeness (QED) is 0.891. The Morgan fingerprint density at radius 3 is 2.62 bits per heavy atom. The Hall–Kier alpha value is -2.41. The molecule has 1 atom stereocenters. The molecular weight excluding hydrogens is 350 g/mol. The lowest BCUT2D eigenvalue weighted by Gasteiger charge is -2.24. The number of benzene rings is 1. The van der Waals surface area contributed by atoms with Crippen LogP contribution in [0.25, 0.3) is 0 Å². The maximum atomic E-state index is 12.5. The van der Waals surface area contributed by atoms with Crippen LogP contribution in [0.15, 0.2) is 36.5 Å². The number of sulfone groups is 1. The molecule has 1 unspecified atom stereocenters. The second kappa shape index (κ2) is 7.07. The number of anilines is 2. The Morgan fingerprint density at radius 2 is 2.00 bits per heavy atom. The minimum atomic E-state index is -2.95. The van der Waals surface area contributed by atoms with Crippen molar-refractivity contribution in [3.8, 4) is 0 Å². The van der Waals surface area contributed by atoms with E-state index >= 15 is 0 Å². The van der Waals surface area contributed by atoms with Crippen LogP contribution in [0, 0.1) is 13.8 Å². The molecule has 1 saturated heterocycles. The number of rotatable bonds is 4. The molecule has 2 aromatic rings. The molecule has 0 bridgehead atoms. The summed E-state index contributed by atoms with van der Waals surface area (Å²) in [5, 5.41) is 2.91. The Bertz CT molecular complexity index is 924. The molecule has 0 radical (unpaired) electrons. The first-order chi connectivity index (χ1) is 12.2. The van der Waals surface area contributed by atoms with Crippen LogP contribution < -0.4 is 10.2 Å². The Labute approximate surface area is 154 Å². The van der Waals surface area contributed by atoms with E-state index in [-0.39, 0.29) is 23.5 Å². The largest absolute Gasteiger partial charge is 0.356 e. The molecule has 0 saturated carbocycles. The van der Waals surface area contributed by atoms with Crippen molar-refractivity contribution in [2.75, 3.05) is 28.8 Å². The van der Waals surface area contributed by atoms with E-state index in [0.717, 1.165) is 16.8 Å². The number of amides is 1. The molecule has 0 spiro atoms. The average Bonchev–Trinajstić information content (AvgIpc) is 2.97. The van der Waals surface area contributed by atoms with Gasteiger partial charge in [-0.25, -0.2) is 13.4 Å². The lowest BCUT2D eigenvalue weighted by atomic mass is 10.1. The van der Waals surface area contributed by atoms with Crippen LogP contribution in [0.5, 0.6) is 0 Å². The Kier molecular flexibility index (Phi) is 5.00. The van der Waals surface area contributed by atoms with Crippen molar-refractivity contribution in [2.45, 2.75) is 26.3 Å². The summed E-state index contributed by atoms with van der Waals surface area (Å²) in [6, 6.07) is 9.30.